The highest BCUT2D eigenvalue weighted by Gasteiger charge is 2.35. The molecule has 1 fully saturated rings. The Bertz CT molecular complexity index is 416. The number of likely N-dealkylation sites (tertiary alicyclic amines) is 1. The first kappa shape index (κ1) is 13.6. The Morgan fingerprint density at radius 1 is 1.22 bits per heavy atom. The summed E-state index contributed by atoms with van der Waals surface area (Å²) in [4.78, 5) is 2.43. The number of nitrogens with zero attached hydrogens (tertiary/aromatic N) is 1. The van der Waals surface area contributed by atoms with Crippen molar-refractivity contribution in [3.05, 3.63) is 34.4 Å². The molecule has 1 saturated heterocycles. The zero-order valence-corrected chi connectivity index (χ0v) is 12.4. The number of hydrogen-bond acceptors (Lipinski definition) is 2. The number of rotatable bonds is 3. The van der Waals surface area contributed by atoms with Gasteiger partial charge in [0.05, 0.1) is 0 Å². The van der Waals surface area contributed by atoms with Crippen molar-refractivity contribution in [2.75, 3.05) is 27.2 Å². The molecule has 0 aromatic heterocycles. The van der Waals surface area contributed by atoms with E-state index in [4.69, 9.17) is 0 Å². The largest absolute Gasteiger partial charge is 0.313 e. The summed E-state index contributed by atoms with van der Waals surface area (Å²) in [5.74, 6) is 0. The molecule has 1 N–H and O–H groups in total. The summed E-state index contributed by atoms with van der Waals surface area (Å²) in [6.07, 6.45) is 2.39. The van der Waals surface area contributed by atoms with Gasteiger partial charge in [-0.05, 0) is 70.9 Å². The van der Waals surface area contributed by atoms with Crippen LogP contribution in [0.1, 0.15) is 28.7 Å². The van der Waals surface area contributed by atoms with Gasteiger partial charge >= 0.3 is 0 Å². The van der Waals surface area contributed by atoms with Crippen LogP contribution in [0.4, 0.5) is 0 Å². The summed E-state index contributed by atoms with van der Waals surface area (Å²) in [6, 6.07) is 4.62. The molecule has 0 radical (unpaired) electrons. The third-order valence-electron chi connectivity index (χ3n) is 4.43. The highest BCUT2D eigenvalue weighted by molar-refractivity contribution is 5.39. The molecular weight excluding hydrogens is 220 g/mol. The van der Waals surface area contributed by atoms with Crippen molar-refractivity contribution in [1.82, 2.24) is 10.2 Å². The third-order valence-corrected chi connectivity index (χ3v) is 4.43. The summed E-state index contributed by atoms with van der Waals surface area (Å²) in [6.45, 7) is 9.02. The predicted octanol–water partition coefficient (Wildman–Crippen LogP) is 2.45. The molecule has 1 aliphatic rings. The van der Waals surface area contributed by atoms with E-state index in [1.165, 1.54) is 35.2 Å². The van der Waals surface area contributed by atoms with E-state index in [-0.39, 0.29) is 5.54 Å². The Kier molecular flexibility index (Phi) is 3.79. The SMILES string of the molecule is CNC1(Cc2c(C)cc(C)cc2C)CCN(C)C1. The minimum atomic E-state index is 0.263. The fourth-order valence-corrected chi connectivity index (χ4v) is 3.34. The van der Waals surface area contributed by atoms with Crippen molar-refractivity contribution in [3.63, 3.8) is 0 Å². The van der Waals surface area contributed by atoms with Crippen LogP contribution in [0.15, 0.2) is 12.1 Å². The minimum absolute atomic E-state index is 0.263. The summed E-state index contributed by atoms with van der Waals surface area (Å²) in [7, 11) is 4.33. The van der Waals surface area contributed by atoms with Crippen LogP contribution in [-0.4, -0.2) is 37.6 Å². The zero-order chi connectivity index (χ0) is 13.3. The molecule has 1 heterocycles. The number of benzene rings is 1. The van der Waals surface area contributed by atoms with E-state index >= 15 is 0 Å². The van der Waals surface area contributed by atoms with E-state index in [2.05, 4.69) is 57.2 Å². The molecule has 0 spiro atoms. The predicted molar refractivity (Wildman–Crippen MR) is 78.3 cm³/mol. The highest BCUT2D eigenvalue weighted by atomic mass is 15.2. The van der Waals surface area contributed by atoms with Crippen molar-refractivity contribution in [2.24, 2.45) is 0 Å². The molecular formula is C16H26N2. The van der Waals surface area contributed by atoms with Crippen LogP contribution in [-0.2, 0) is 6.42 Å². The van der Waals surface area contributed by atoms with Gasteiger partial charge in [0.25, 0.3) is 0 Å². The van der Waals surface area contributed by atoms with Crippen molar-refractivity contribution >= 4 is 0 Å². The van der Waals surface area contributed by atoms with Crippen LogP contribution < -0.4 is 5.32 Å². The molecule has 1 unspecified atom stereocenters. The van der Waals surface area contributed by atoms with Crippen LogP contribution in [0.5, 0.6) is 0 Å². The average molecular weight is 246 g/mol. The molecule has 18 heavy (non-hydrogen) atoms. The molecule has 0 bridgehead atoms. The number of nitrogens with one attached hydrogen (secondary N) is 1. The molecule has 0 saturated carbocycles. The standard InChI is InChI=1S/C16H26N2/c1-12-8-13(2)15(14(3)9-12)10-16(17-4)6-7-18(5)11-16/h8-9,17H,6-7,10-11H2,1-5H3. The summed E-state index contributed by atoms with van der Waals surface area (Å²) >= 11 is 0. The number of likely N-dealkylation sites (N-methyl/N-ethyl adjacent to an activating group) is 2. The third kappa shape index (κ3) is 2.60. The second-order valence-corrected chi connectivity index (χ2v) is 6.07. The van der Waals surface area contributed by atoms with E-state index in [1.807, 2.05) is 0 Å². The van der Waals surface area contributed by atoms with Gasteiger partial charge in [-0.2, -0.15) is 0 Å². The molecule has 2 heteroatoms. The van der Waals surface area contributed by atoms with Crippen LogP contribution in [0, 0.1) is 20.8 Å². The van der Waals surface area contributed by atoms with Gasteiger partial charge in [-0.3, -0.25) is 0 Å². The molecule has 2 rings (SSSR count). The Balaban J connectivity index is 2.28. The van der Waals surface area contributed by atoms with Crippen LogP contribution in [0.25, 0.3) is 0 Å². The molecule has 1 aromatic rings. The lowest BCUT2D eigenvalue weighted by Crippen LogP contribution is -2.47. The normalized spacial score (nSPS) is 24.7. The topological polar surface area (TPSA) is 15.3 Å². The van der Waals surface area contributed by atoms with Gasteiger partial charge in [-0.25, -0.2) is 0 Å². The van der Waals surface area contributed by atoms with E-state index in [1.54, 1.807) is 0 Å². The summed E-state index contributed by atoms with van der Waals surface area (Å²) < 4.78 is 0. The molecule has 2 nitrogen and oxygen atoms in total. The van der Waals surface area contributed by atoms with Gasteiger partial charge in [0.1, 0.15) is 0 Å². The molecule has 100 valence electrons. The molecule has 0 amide bonds. The maximum absolute atomic E-state index is 3.58. The molecule has 1 aliphatic heterocycles. The summed E-state index contributed by atoms with van der Waals surface area (Å²) in [5.41, 5.74) is 6.05. The Labute approximate surface area is 111 Å². The van der Waals surface area contributed by atoms with E-state index in [0.717, 1.165) is 13.0 Å². The van der Waals surface area contributed by atoms with Crippen LogP contribution in [0.3, 0.4) is 0 Å². The van der Waals surface area contributed by atoms with E-state index < -0.39 is 0 Å². The van der Waals surface area contributed by atoms with Crippen molar-refractivity contribution in [1.29, 1.82) is 0 Å². The molecule has 1 aromatic carbocycles. The first-order chi connectivity index (χ1) is 8.46. The highest BCUT2D eigenvalue weighted by Crippen LogP contribution is 2.28. The second kappa shape index (κ2) is 5.02. The molecule has 0 aliphatic carbocycles. The monoisotopic (exact) mass is 246 g/mol. The van der Waals surface area contributed by atoms with Crippen molar-refractivity contribution in [2.45, 2.75) is 39.2 Å². The Morgan fingerprint density at radius 3 is 2.28 bits per heavy atom. The number of hydrogen-bond donors (Lipinski definition) is 1. The first-order valence-corrected chi connectivity index (χ1v) is 6.90. The lowest BCUT2D eigenvalue weighted by molar-refractivity contribution is 0.325. The lowest BCUT2D eigenvalue weighted by atomic mass is 9.85. The van der Waals surface area contributed by atoms with Crippen molar-refractivity contribution in [3.8, 4) is 0 Å². The average Bonchev–Trinajstić information content (AvgIpc) is 2.66. The maximum Gasteiger partial charge on any atom is 0.0359 e. The van der Waals surface area contributed by atoms with Crippen molar-refractivity contribution < 1.29 is 0 Å². The van der Waals surface area contributed by atoms with Gasteiger partial charge in [0, 0.05) is 12.1 Å². The quantitative estimate of drug-likeness (QED) is 0.881. The second-order valence-electron chi connectivity index (χ2n) is 6.07. The van der Waals surface area contributed by atoms with Gasteiger partial charge in [-0.1, -0.05) is 17.7 Å². The molecule has 1 atom stereocenters. The summed E-state index contributed by atoms with van der Waals surface area (Å²) in [5, 5.41) is 3.58. The van der Waals surface area contributed by atoms with E-state index in [0.29, 0.717) is 0 Å². The smallest absolute Gasteiger partial charge is 0.0359 e. The number of aryl methyl sites for hydroxylation is 3. The fraction of sp³-hybridized carbons (Fsp3) is 0.625. The van der Waals surface area contributed by atoms with Gasteiger partial charge < -0.3 is 10.2 Å². The fourth-order valence-electron chi connectivity index (χ4n) is 3.34. The van der Waals surface area contributed by atoms with Crippen LogP contribution >= 0.6 is 0 Å². The maximum atomic E-state index is 3.58. The van der Waals surface area contributed by atoms with Gasteiger partial charge in [0.2, 0.25) is 0 Å². The Morgan fingerprint density at radius 2 is 1.83 bits per heavy atom. The van der Waals surface area contributed by atoms with E-state index in [9.17, 15) is 0 Å². The zero-order valence-electron chi connectivity index (χ0n) is 12.4. The lowest BCUT2D eigenvalue weighted by Gasteiger charge is -2.30. The first-order valence-electron chi connectivity index (χ1n) is 6.90. The Hall–Kier alpha value is -0.860. The minimum Gasteiger partial charge on any atom is -0.313 e. The van der Waals surface area contributed by atoms with Gasteiger partial charge in [0.15, 0.2) is 0 Å². The van der Waals surface area contributed by atoms with Crippen LogP contribution in [0.2, 0.25) is 0 Å². The van der Waals surface area contributed by atoms with Gasteiger partial charge in [-0.15, -0.1) is 0 Å².